The van der Waals surface area contributed by atoms with Gasteiger partial charge in [0.05, 0.1) is 29.3 Å². The van der Waals surface area contributed by atoms with Gasteiger partial charge in [0, 0.05) is 17.8 Å². The maximum Gasteiger partial charge on any atom is 0.311 e. The molecular formula is C13H12ClN3O3S. The molecule has 0 aromatic carbocycles. The summed E-state index contributed by atoms with van der Waals surface area (Å²) in [5.74, 6) is -0.725. The molecule has 0 bridgehead atoms. The highest BCUT2D eigenvalue weighted by Crippen LogP contribution is 2.19. The highest BCUT2D eigenvalue weighted by molar-refractivity contribution is 7.14. The van der Waals surface area contributed by atoms with Gasteiger partial charge in [0.25, 0.3) is 5.91 Å². The van der Waals surface area contributed by atoms with E-state index in [-0.39, 0.29) is 23.3 Å². The van der Waals surface area contributed by atoms with Gasteiger partial charge in [-0.1, -0.05) is 11.6 Å². The lowest BCUT2D eigenvalue weighted by Gasteiger charge is -2.03. The second kappa shape index (κ2) is 7.14. The molecule has 1 amide bonds. The lowest BCUT2D eigenvalue weighted by molar-refractivity contribution is -0.142. The lowest BCUT2D eigenvalue weighted by atomic mass is 10.2. The minimum Gasteiger partial charge on any atom is -0.466 e. The van der Waals surface area contributed by atoms with Gasteiger partial charge in [0.1, 0.15) is 0 Å². The molecule has 0 spiro atoms. The average Bonchev–Trinajstić information content (AvgIpc) is 2.86. The lowest BCUT2D eigenvalue weighted by Crippen LogP contribution is -2.13. The normalized spacial score (nSPS) is 10.2. The van der Waals surface area contributed by atoms with Gasteiger partial charge in [-0.05, 0) is 13.0 Å². The number of esters is 1. The SMILES string of the molecule is CCOC(=O)Cc1csc(NC(=O)c2ccncc2Cl)n1. The number of anilines is 1. The number of ether oxygens (including phenoxy) is 1. The van der Waals surface area contributed by atoms with Crippen LogP contribution in [0.5, 0.6) is 0 Å². The number of nitrogens with one attached hydrogen (secondary N) is 1. The molecular weight excluding hydrogens is 314 g/mol. The Morgan fingerprint density at radius 1 is 1.48 bits per heavy atom. The van der Waals surface area contributed by atoms with Crippen molar-refractivity contribution in [3.8, 4) is 0 Å². The van der Waals surface area contributed by atoms with Crippen molar-refractivity contribution >= 4 is 39.9 Å². The smallest absolute Gasteiger partial charge is 0.311 e. The molecule has 0 aliphatic rings. The summed E-state index contributed by atoms with van der Waals surface area (Å²) in [4.78, 5) is 31.3. The van der Waals surface area contributed by atoms with Gasteiger partial charge in [-0.2, -0.15) is 0 Å². The minimum atomic E-state index is -0.376. The van der Waals surface area contributed by atoms with E-state index >= 15 is 0 Å². The Morgan fingerprint density at radius 3 is 3.00 bits per heavy atom. The topological polar surface area (TPSA) is 81.2 Å². The molecule has 21 heavy (non-hydrogen) atoms. The van der Waals surface area contributed by atoms with Crippen molar-refractivity contribution in [3.63, 3.8) is 0 Å². The number of carbonyl (C=O) groups is 2. The summed E-state index contributed by atoms with van der Waals surface area (Å²) >= 11 is 7.12. The zero-order valence-corrected chi connectivity index (χ0v) is 12.7. The Balaban J connectivity index is 2.01. The van der Waals surface area contributed by atoms with Gasteiger partial charge in [-0.25, -0.2) is 4.98 Å². The van der Waals surface area contributed by atoms with Crippen molar-refractivity contribution < 1.29 is 14.3 Å². The van der Waals surface area contributed by atoms with E-state index in [0.29, 0.717) is 23.0 Å². The summed E-state index contributed by atoms with van der Waals surface area (Å²) < 4.78 is 4.84. The van der Waals surface area contributed by atoms with E-state index in [1.165, 1.54) is 29.8 Å². The number of halogens is 1. The molecule has 8 heteroatoms. The van der Waals surface area contributed by atoms with Crippen LogP contribution >= 0.6 is 22.9 Å². The number of carbonyl (C=O) groups excluding carboxylic acids is 2. The summed E-state index contributed by atoms with van der Waals surface area (Å²) in [6.07, 6.45) is 2.95. The number of thiazole rings is 1. The highest BCUT2D eigenvalue weighted by atomic mass is 35.5. The van der Waals surface area contributed by atoms with E-state index < -0.39 is 0 Å². The largest absolute Gasteiger partial charge is 0.466 e. The standard InChI is InChI=1S/C13H12ClN3O3S/c1-2-20-11(18)5-8-7-21-13(16-8)17-12(19)9-3-4-15-6-10(9)14/h3-4,6-7H,2,5H2,1H3,(H,16,17,19). The summed E-state index contributed by atoms with van der Waals surface area (Å²) in [5, 5.41) is 4.98. The van der Waals surface area contributed by atoms with Crippen molar-refractivity contribution in [3.05, 3.63) is 40.1 Å². The van der Waals surface area contributed by atoms with Gasteiger partial charge in [0.2, 0.25) is 0 Å². The first-order chi connectivity index (χ1) is 10.1. The van der Waals surface area contributed by atoms with Gasteiger partial charge in [0.15, 0.2) is 5.13 Å². The molecule has 1 N–H and O–H groups in total. The molecule has 0 unspecified atom stereocenters. The Labute approximate surface area is 130 Å². The molecule has 6 nitrogen and oxygen atoms in total. The molecule has 2 aromatic rings. The Morgan fingerprint density at radius 2 is 2.29 bits per heavy atom. The molecule has 0 aliphatic heterocycles. The first kappa shape index (κ1) is 15.4. The predicted octanol–water partition coefficient (Wildman–Crippen LogP) is 2.55. The van der Waals surface area contributed by atoms with Crippen molar-refractivity contribution in [1.29, 1.82) is 0 Å². The number of aromatic nitrogens is 2. The Bertz CT molecular complexity index is 660. The number of amides is 1. The number of pyridine rings is 1. The van der Waals surface area contributed by atoms with Crippen molar-refractivity contribution in [2.75, 3.05) is 11.9 Å². The monoisotopic (exact) mass is 325 g/mol. The minimum absolute atomic E-state index is 0.0796. The fraction of sp³-hybridized carbons (Fsp3) is 0.231. The Kier molecular flexibility index (Phi) is 5.24. The van der Waals surface area contributed by atoms with Gasteiger partial charge < -0.3 is 4.74 Å². The molecule has 0 fully saturated rings. The van der Waals surface area contributed by atoms with Gasteiger partial charge in [-0.15, -0.1) is 11.3 Å². The predicted molar refractivity (Wildman–Crippen MR) is 79.7 cm³/mol. The van der Waals surface area contributed by atoms with E-state index in [1.807, 2.05) is 0 Å². The number of hydrogen-bond donors (Lipinski definition) is 1. The number of nitrogens with zero attached hydrogens (tertiary/aromatic N) is 2. The molecule has 0 atom stereocenters. The quantitative estimate of drug-likeness (QED) is 0.854. The second-order valence-electron chi connectivity index (χ2n) is 3.94. The highest BCUT2D eigenvalue weighted by Gasteiger charge is 2.13. The molecule has 2 rings (SSSR count). The first-order valence-corrected chi connectivity index (χ1v) is 7.36. The summed E-state index contributed by atoms with van der Waals surface area (Å²) in [7, 11) is 0. The Hall–Kier alpha value is -1.99. The number of hydrogen-bond acceptors (Lipinski definition) is 6. The van der Waals surface area contributed by atoms with Crippen LogP contribution in [0.25, 0.3) is 0 Å². The number of rotatable bonds is 5. The van der Waals surface area contributed by atoms with Crippen molar-refractivity contribution in [1.82, 2.24) is 9.97 Å². The van der Waals surface area contributed by atoms with Crippen LogP contribution in [0.4, 0.5) is 5.13 Å². The third kappa shape index (κ3) is 4.24. The maximum atomic E-state index is 12.0. The molecule has 110 valence electrons. The fourth-order valence-corrected chi connectivity index (χ4v) is 2.44. The third-order valence-electron chi connectivity index (χ3n) is 2.42. The zero-order chi connectivity index (χ0) is 15.2. The molecule has 2 heterocycles. The molecule has 0 radical (unpaired) electrons. The zero-order valence-electron chi connectivity index (χ0n) is 11.1. The molecule has 0 saturated carbocycles. The van der Waals surface area contributed by atoms with Crippen LogP contribution < -0.4 is 5.32 Å². The van der Waals surface area contributed by atoms with E-state index in [4.69, 9.17) is 16.3 Å². The van der Waals surface area contributed by atoms with E-state index in [9.17, 15) is 9.59 Å². The van der Waals surface area contributed by atoms with Crippen LogP contribution in [0.3, 0.4) is 0 Å². The summed E-state index contributed by atoms with van der Waals surface area (Å²) in [6.45, 7) is 2.07. The van der Waals surface area contributed by atoms with Crippen LogP contribution in [0.15, 0.2) is 23.8 Å². The molecule has 2 aromatic heterocycles. The van der Waals surface area contributed by atoms with E-state index in [0.717, 1.165) is 0 Å². The second-order valence-corrected chi connectivity index (χ2v) is 5.20. The van der Waals surface area contributed by atoms with Crippen LogP contribution in [-0.2, 0) is 16.0 Å². The van der Waals surface area contributed by atoms with Crippen molar-refractivity contribution in [2.24, 2.45) is 0 Å². The summed E-state index contributed by atoms with van der Waals surface area (Å²) in [5.41, 5.74) is 0.864. The fourth-order valence-electron chi connectivity index (χ4n) is 1.53. The van der Waals surface area contributed by atoms with Gasteiger partial charge >= 0.3 is 5.97 Å². The first-order valence-electron chi connectivity index (χ1n) is 6.11. The van der Waals surface area contributed by atoms with Crippen molar-refractivity contribution in [2.45, 2.75) is 13.3 Å². The average molecular weight is 326 g/mol. The summed E-state index contributed by atoms with van der Waals surface area (Å²) in [6, 6.07) is 1.52. The van der Waals surface area contributed by atoms with Crippen LogP contribution in [-0.4, -0.2) is 28.5 Å². The van der Waals surface area contributed by atoms with Crippen LogP contribution in [0.2, 0.25) is 5.02 Å². The van der Waals surface area contributed by atoms with Crippen LogP contribution in [0.1, 0.15) is 23.0 Å². The third-order valence-corrected chi connectivity index (χ3v) is 3.53. The molecule has 0 saturated heterocycles. The van der Waals surface area contributed by atoms with E-state index in [2.05, 4.69) is 15.3 Å². The van der Waals surface area contributed by atoms with Crippen LogP contribution in [0, 0.1) is 0 Å². The van der Waals surface area contributed by atoms with Gasteiger partial charge in [-0.3, -0.25) is 19.9 Å². The maximum absolute atomic E-state index is 12.0. The molecule has 0 aliphatic carbocycles. The van der Waals surface area contributed by atoms with E-state index in [1.54, 1.807) is 12.3 Å².